The molecule has 4 heterocycles. The second-order valence-corrected chi connectivity index (χ2v) is 41.3. The van der Waals surface area contributed by atoms with E-state index in [9.17, 15) is 30.5 Å². The van der Waals surface area contributed by atoms with Crippen LogP contribution in [-0.2, 0) is 29.7 Å². The number of sulfone groups is 2. The van der Waals surface area contributed by atoms with E-state index in [1.165, 1.54) is 50.5 Å². The lowest BCUT2D eigenvalue weighted by molar-refractivity contribution is 0.417. The summed E-state index contributed by atoms with van der Waals surface area (Å²) in [5.41, 5.74) is 19.0. The van der Waals surface area contributed by atoms with E-state index in [0.717, 1.165) is 76.8 Å². The maximum absolute atomic E-state index is 12.9. The van der Waals surface area contributed by atoms with Gasteiger partial charge in [-0.3, -0.25) is 0 Å². The number of sulfonamides is 1. The Morgan fingerprint density at radius 2 is 0.560 bits per heavy atom. The quantitative estimate of drug-likeness (QED) is 0.0207. The Labute approximate surface area is 841 Å². The van der Waals surface area contributed by atoms with Crippen LogP contribution in [-0.4, -0.2) is 122 Å². The number of aromatic nitrogens is 8. The van der Waals surface area contributed by atoms with Crippen LogP contribution in [0.1, 0.15) is 61.1 Å². The number of nitriles is 1. The van der Waals surface area contributed by atoms with E-state index in [1.54, 1.807) is 141 Å². The van der Waals surface area contributed by atoms with Gasteiger partial charge in [-0.25, -0.2) is 49.5 Å². The van der Waals surface area contributed by atoms with Gasteiger partial charge in [0.15, 0.2) is 42.9 Å². The van der Waals surface area contributed by atoms with Crippen LogP contribution in [0.5, 0.6) is 23.0 Å². The van der Waals surface area contributed by atoms with Crippen molar-refractivity contribution in [2.75, 3.05) is 85.1 Å². The minimum Gasteiger partial charge on any atom is -0.495 e. The Morgan fingerprint density at radius 3 is 0.837 bits per heavy atom. The van der Waals surface area contributed by atoms with Gasteiger partial charge in [-0.05, 0) is 226 Å². The summed E-state index contributed by atoms with van der Waals surface area (Å²) in [7, 11) is -1.34. The van der Waals surface area contributed by atoms with Gasteiger partial charge >= 0.3 is 0 Å². The zero-order chi connectivity index (χ0) is 101. The van der Waals surface area contributed by atoms with Crippen LogP contribution in [0.3, 0.4) is 0 Å². The molecule has 4 aromatic heterocycles. The number of para-hydroxylation sites is 4. The number of benzene rings is 12. The highest BCUT2D eigenvalue weighted by Crippen LogP contribution is 2.44. The molecule has 0 fully saturated rings. The maximum atomic E-state index is 12.9. The Morgan fingerprint density at radius 1 is 0.312 bits per heavy atom. The predicted octanol–water partition coefficient (Wildman–Crippen LogP) is 26.2. The lowest BCUT2D eigenvalue weighted by Crippen LogP contribution is -2.23. The normalized spacial score (nSPS) is 11.2. The van der Waals surface area contributed by atoms with Gasteiger partial charge in [-0.1, -0.05) is 216 Å². The molecular weight excluding hydrogens is 1920 g/mol. The largest absolute Gasteiger partial charge is 0.495 e. The van der Waals surface area contributed by atoms with Crippen molar-refractivity contribution < 1.29 is 44.2 Å². The number of nitrogens with one attached hydrogen (secondary N) is 8. The fraction of sp³-hybridized carbons (Fsp3) is 0.160. The number of nitrogens with zero attached hydrogens (tertiary/aromatic N) is 10. The van der Waals surface area contributed by atoms with E-state index in [-0.39, 0.29) is 65.1 Å². The molecule has 0 unspecified atom stereocenters. The third-order valence-electron chi connectivity index (χ3n) is 22.1. The highest BCUT2D eigenvalue weighted by Gasteiger charge is 2.28. The van der Waals surface area contributed by atoms with Gasteiger partial charge in [-0.15, -0.1) is 0 Å². The van der Waals surface area contributed by atoms with Gasteiger partial charge in [0.05, 0.1) is 125 Å². The lowest BCUT2D eigenvalue weighted by atomic mass is 9.98. The second kappa shape index (κ2) is 46.7. The topological polar surface area (TPSA) is 366 Å². The predicted molar refractivity (Wildman–Crippen MR) is 568 cm³/mol. The molecule has 0 spiro atoms. The summed E-state index contributed by atoms with van der Waals surface area (Å²) in [6.07, 6.45) is 5.86. The number of methoxy groups -OCH3 is 4. The molecule has 0 saturated heterocycles. The molecule has 0 atom stereocenters. The molecule has 12 aromatic carbocycles. The van der Waals surface area contributed by atoms with Crippen molar-refractivity contribution in [2.45, 2.75) is 87.5 Å². The second-order valence-electron chi connectivity index (χ2n) is 32.6. The molecular formula is C106H102Cl4N18O10S3. The molecule has 141 heavy (non-hydrogen) atoms. The third kappa shape index (κ3) is 25.4. The molecule has 0 bridgehead atoms. The molecule has 16 aromatic rings. The lowest BCUT2D eigenvalue weighted by Gasteiger charge is -2.17. The van der Waals surface area contributed by atoms with Gasteiger partial charge in [0, 0.05) is 14.1 Å². The van der Waals surface area contributed by atoms with Crippen molar-refractivity contribution in [3.05, 3.63) is 339 Å². The van der Waals surface area contributed by atoms with Crippen molar-refractivity contribution >= 4 is 169 Å². The van der Waals surface area contributed by atoms with Crippen LogP contribution in [0.4, 0.5) is 92.6 Å². The average Bonchev–Trinajstić information content (AvgIpc) is 0.774. The SMILES string of the molecule is COc1cc(-c2ccc(C)cc2)c(C)cc1Nc1ncc(Cl)c(Nc2ccccc2S(=O)(=O)C(C)C)n1.COc1cc(-c2ccccc2)c(C)cc1Nc1ncc(Cl)c(Nc2ccccc2C#N)n1.COc1cc(-c2ccccc2)c(C)cc1Nc1ncc(Cl)c(Nc2ccccc2S(=O)(=O)C(C)C)n1.COc1cc(-c2ccccc2)c(C)cc1Nc1ncc(Cl)c(Nc2ccccc2S(=O)(=O)N(C)C)n1. The van der Waals surface area contributed by atoms with E-state index in [2.05, 4.69) is 132 Å². The fourth-order valence-electron chi connectivity index (χ4n) is 14.5. The summed E-state index contributed by atoms with van der Waals surface area (Å²) in [4.78, 5) is 35.6. The first kappa shape index (κ1) is 103. The van der Waals surface area contributed by atoms with E-state index in [1.807, 2.05) is 161 Å². The van der Waals surface area contributed by atoms with E-state index in [0.29, 0.717) is 85.2 Å². The molecule has 722 valence electrons. The minimum absolute atomic E-state index is 0.105. The molecule has 28 nitrogen and oxygen atoms in total. The van der Waals surface area contributed by atoms with Crippen molar-refractivity contribution in [1.29, 1.82) is 5.26 Å². The number of ether oxygens (including phenoxy) is 4. The van der Waals surface area contributed by atoms with Gasteiger partial charge in [0.25, 0.3) is 0 Å². The van der Waals surface area contributed by atoms with Crippen LogP contribution < -0.4 is 61.5 Å². The summed E-state index contributed by atoms with van der Waals surface area (Å²) in [6, 6.07) is 83.6. The van der Waals surface area contributed by atoms with Crippen LogP contribution in [0.2, 0.25) is 20.1 Å². The maximum Gasteiger partial charge on any atom is 0.244 e. The van der Waals surface area contributed by atoms with Gasteiger partial charge in [0.2, 0.25) is 33.8 Å². The Hall–Kier alpha value is -15.0. The van der Waals surface area contributed by atoms with Gasteiger partial charge in [-0.2, -0.15) is 25.2 Å². The number of hydrogen-bond acceptors (Lipinski definition) is 27. The smallest absolute Gasteiger partial charge is 0.244 e. The molecule has 0 aliphatic heterocycles. The Balaban J connectivity index is 0.000000158. The number of halogens is 4. The van der Waals surface area contributed by atoms with Gasteiger partial charge in [0.1, 0.15) is 54.1 Å². The van der Waals surface area contributed by atoms with Crippen LogP contribution in [0, 0.1) is 45.9 Å². The molecule has 8 N–H and O–H groups in total. The first-order valence-corrected chi connectivity index (χ1v) is 50.0. The first-order valence-electron chi connectivity index (χ1n) is 44.0. The summed E-state index contributed by atoms with van der Waals surface area (Å²) < 4.78 is 101. The molecule has 35 heteroatoms. The monoisotopic (exact) mass is 2020 g/mol. The average molecular weight is 2030 g/mol. The summed E-state index contributed by atoms with van der Waals surface area (Å²) in [6.45, 7) is 16.7. The molecule has 0 radical (unpaired) electrons. The first-order chi connectivity index (χ1) is 67.6. The zero-order valence-corrected chi connectivity index (χ0v) is 85.1. The Bertz CT molecular complexity index is 7390. The number of rotatable bonds is 30. The molecule has 0 aliphatic rings. The number of anilines is 16. The van der Waals surface area contributed by atoms with E-state index < -0.39 is 40.2 Å². The minimum atomic E-state index is -3.69. The van der Waals surface area contributed by atoms with Crippen LogP contribution >= 0.6 is 46.4 Å². The van der Waals surface area contributed by atoms with E-state index >= 15 is 0 Å². The fourth-order valence-corrected chi connectivity index (χ4v) is 18.5. The third-order valence-corrected chi connectivity index (χ3v) is 29.5. The van der Waals surface area contributed by atoms with Crippen molar-refractivity contribution in [2.24, 2.45) is 0 Å². The summed E-state index contributed by atoms with van der Waals surface area (Å²) >= 11 is 25.4. The highest BCUT2D eigenvalue weighted by atomic mass is 35.5. The molecule has 16 rings (SSSR count). The van der Waals surface area contributed by atoms with Crippen molar-refractivity contribution in [3.8, 4) is 73.6 Å². The molecule has 0 saturated carbocycles. The Kier molecular flexibility index (Phi) is 34.2. The number of aryl methyl sites for hydroxylation is 5. The van der Waals surface area contributed by atoms with Gasteiger partial charge < -0.3 is 61.5 Å². The molecule has 0 aliphatic carbocycles. The highest BCUT2D eigenvalue weighted by molar-refractivity contribution is 7.92. The van der Waals surface area contributed by atoms with Crippen LogP contribution in [0.25, 0.3) is 44.5 Å². The zero-order valence-electron chi connectivity index (χ0n) is 79.6. The molecule has 0 amide bonds. The number of hydrogen-bond donors (Lipinski definition) is 8. The van der Waals surface area contributed by atoms with Crippen molar-refractivity contribution in [1.82, 2.24) is 44.2 Å². The standard InChI is InChI=1S/C28H29ClN4O3S.C27H27ClN4O3S.C26H26ClN5O3S.C25H20ClN5O/c1-17(2)37(34,35)26-9-7-6-8-23(26)31-27-22(29)16-30-28(33-27)32-24-14-19(4)21(15-25(24)36-5)20-12-10-18(3)11-13-20;1-17(2)36(33,34)25-13-9-8-12-22(25)30-26-21(28)16-29-27(32-26)31-23-14-18(3)20(15-24(23)35-4)19-10-6-5-7-11-19;1-17-14-22(23(35-4)15-19(17)18-10-6-5-7-11-18)30-26-28-16-20(27)25(31-26)29-21-12-8-9-13-24(21)36(33,34)32(2)3;1-16-12-22(23(32-2)13-19(16)17-8-4-3-5-9-17)30-25-28-15-20(26)24(31-25)29-21-11-7-6-10-18(21)14-27/h6-17H,1-5H3,(H2,30,31,32,33);5-17H,1-4H3,(H2,29,30,31,32);5-16H,1-4H3,(H2,28,29,30,31);3-13,15H,1-2H3,(H2,28,29,30,31). The summed E-state index contributed by atoms with van der Waals surface area (Å²) in [5.74, 6) is 4.89. The van der Waals surface area contributed by atoms with E-state index in [4.69, 9.17) is 65.4 Å². The van der Waals surface area contributed by atoms with Crippen molar-refractivity contribution in [3.63, 3.8) is 0 Å². The summed E-state index contributed by atoms with van der Waals surface area (Å²) in [5, 5.41) is 34.3. The van der Waals surface area contributed by atoms with Crippen LogP contribution in [0.15, 0.2) is 300 Å².